The molecule has 5 heteroatoms. The van der Waals surface area contributed by atoms with Crippen LogP contribution in [-0.2, 0) is 48.1 Å². The Morgan fingerprint density at radius 1 is 0.537 bits per heavy atom. The predicted molar refractivity (Wildman–Crippen MR) is 280 cm³/mol. The quantitative estimate of drug-likeness (QED) is 0.169. The fraction of sp³-hybridized carbons (Fsp3) is 0.323. The van der Waals surface area contributed by atoms with Gasteiger partial charge in [-0.05, 0) is 90.8 Å². The molecule has 0 unspecified atom stereocenters. The second kappa shape index (κ2) is 17.8. The van der Waals surface area contributed by atoms with Gasteiger partial charge in [-0.25, -0.2) is 4.98 Å². The van der Waals surface area contributed by atoms with Gasteiger partial charge in [0, 0.05) is 68.8 Å². The van der Waals surface area contributed by atoms with Crippen molar-refractivity contribution in [1.82, 2.24) is 14.5 Å². The molecule has 0 fully saturated rings. The Balaban J connectivity index is 0.0000108. The molecular weight excluding hydrogens is 998 g/mol. The predicted octanol–water partition coefficient (Wildman–Crippen LogP) is 16.7. The molecule has 6 aromatic carbocycles. The molecule has 1 N–H and O–H groups in total. The summed E-state index contributed by atoms with van der Waals surface area (Å²) >= 11 is 0. The van der Waals surface area contributed by atoms with Gasteiger partial charge >= 0.3 is 0 Å². The number of benzene rings is 6. The van der Waals surface area contributed by atoms with Gasteiger partial charge < -0.3 is 5.11 Å². The largest absolute Gasteiger partial charge is 0.507 e. The zero-order valence-electron chi connectivity index (χ0n) is 59.2. The zero-order chi connectivity index (χ0) is 64.5. The molecule has 0 aliphatic rings. The number of aromatic nitrogens is 3. The molecule has 0 aliphatic carbocycles. The fourth-order valence-corrected chi connectivity index (χ4v) is 8.34. The maximum Gasteiger partial charge on any atom is 0.148 e. The van der Waals surface area contributed by atoms with Gasteiger partial charge in [0.1, 0.15) is 11.6 Å². The van der Waals surface area contributed by atoms with Crippen molar-refractivity contribution in [3.63, 3.8) is 0 Å². The van der Waals surface area contributed by atoms with Crippen LogP contribution in [-0.4, -0.2) is 19.6 Å². The average molecular weight is 1090 g/mol. The summed E-state index contributed by atoms with van der Waals surface area (Å²) in [5.74, 6) is -2.36. The summed E-state index contributed by atoms with van der Waals surface area (Å²) in [5, 5.41) is 13.2. The van der Waals surface area contributed by atoms with E-state index in [0.29, 0.717) is 33.5 Å². The first-order chi connectivity index (χ1) is 39.2. The molecule has 0 radical (unpaired) electrons. The first-order valence-electron chi connectivity index (χ1n) is 31.9. The van der Waals surface area contributed by atoms with E-state index in [9.17, 15) is 7.85 Å². The zero-order valence-corrected chi connectivity index (χ0v) is 41.4. The topological polar surface area (TPSA) is 50.9 Å². The van der Waals surface area contributed by atoms with Crippen molar-refractivity contribution in [2.75, 3.05) is 0 Å². The Kier molecular flexibility index (Phi) is 7.81. The second-order valence-electron chi connectivity index (χ2n) is 20.2. The Morgan fingerprint density at radius 2 is 1.19 bits per heavy atom. The molecule has 67 heavy (non-hydrogen) atoms. The van der Waals surface area contributed by atoms with Gasteiger partial charge in [-0.15, -0.1) is 29.3 Å². The summed E-state index contributed by atoms with van der Waals surface area (Å²) in [5.41, 5.74) is -7.09. The van der Waals surface area contributed by atoms with E-state index in [4.69, 9.17) is 34.6 Å². The van der Waals surface area contributed by atoms with Gasteiger partial charge in [-0.3, -0.25) is 9.55 Å². The Labute approximate surface area is 443 Å². The number of aromatic hydroxyl groups is 1. The third-order valence-corrected chi connectivity index (χ3v) is 11.9. The fourth-order valence-electron chi connectivity index (χ4n) is 8.34. The first-order valence-corrected chi connectivity index (χ1v) is 21.9. The van der Waals surface area contributed by atoms with Gasteiger partial charge in [0.2, 0.25) is 0 Å². The molecule has 0 saturated heterocycles. The molecule has 2 heterocycles. The number of hydrogen-bond acceptors (Lipinski definition) is 3. The first kappa shape index (κ1) is 29.3. The summed E-state index contributed by atoms with van der Waals surface area (Å²) in [6.45, 7) is -7.57. The van der Waals surface area contributed by atoms with Crippen molar-refractivity contribution in [3.05, 3.63) is 167 Å². The summed E-state index contributed by atoms with van der Waals surface area (Å²) in [6.07, 6.45) is 1.71. The molecule has 8 aromatic rings. The Morgan fingerprint density at radius 3 is 1.87 bits per heavy atom. The molecule has 4 nitrogen and oxygen atoms in total. The van der Waals surface area contributed by atoms with E-state index < -0.39 is 103 Å². The maximum absolute atomic E-state index is 13.2. The number of phenolic OH excluding ortho intramolecular Hbond substituents is 1. The standard InChI is InChI=1S/C62H68N3O.Pt/c1-58(2,3)43-28-29-53(48(36-43)39-22-17-16-18-23-39)65-54-27-21-25-47(55(54)64-57(65)49-37-45(60(7,8)9)38-51(56(49)66)62(13,14)15)41-32-42(34-44(33-41)59(4,5)6)52-35-40(30-31-63-52)46-24-19-20-26-50(46)61(10,11)12;/h16-31,33-38,66H,1-15H3;/q-1;/i7D3,8D3,9D3,13D3,14D3,15D3,37D,38D;. The van der Waals surface area contributed by atoms with Crippen molar-refractivity contribution < 1.29 is 53.6 Å². The van der Waals surface area contributed by atoms with E-state index in [0.717, 1.165) is 27.8 Å². The Bertz CT molecular complexity index is 3760. The minimum Gasteiger partial charge on any atom is -0.507 e. The summed E-state index contributed by atoms with van der Waals surface area (Å²) < 4.78 is 180. The van der Waals surface area contributed by atoms with Crippen LogP contribution >= 0.6 is 0 Å². The van der Waals surface area contributed by atoms with Crippen LogP contribution in [0.25, 0.3) is 72.7 Å². The van der Waals surface area contributed by atoms with Crippen LogP contribution in [0.2, 0.25) is 0 Å². The Hall–Kier alpha value is -5.57. The van der Waals surface area contributed by atoms with E-state index in [1.807, 2.05) is 90.1 Å². The molecule has 8 rings (SSSR count). The number of pyridine rings is 1. The van der Waals surface area contributed by atoms with Gasteiger partial charge in [-0.1, -0.05) is 199 Å². The molecule has 0 atom stereocenters. The molecule has 348 valence electrons. The molecular formula is C62H68N3OPt-. The maximum atomic E-state index is 13.2. The van der Waals surface area contributed by atoms with E-state index in [-0.39, 0.29) is 43.2 Å². The number of phenols is 1. The minimum atomic E-state index is -4.43. The summed E-state index contributed by atoms with van der Waals surface area (Å²) in [7, 11) is 0. The monoisotopic (exact) mass is 1090 g/mol. The SMILES string of the molecule is [2H]c1c(-c2nc3c(-c4[c-]c(-c5cc(-c6ccccc6C(C)(C)C)ccn5)cc(C(C)(C)C)c4)cccc3n2-c2ccc(C(C)(C)C)cc2-c2ccccc2)c(O)c(C(C([2H])([2H])[2H])(C([2H])([2H])[2H])C([2H])([2H])[2H])c([2H])c1C(C([2H])([2H])[2H])(C([2H])([2H])[2H])C([2H])([2H])[2H].[Pt]. The van der Waals surface area contributed by atoms with Gasteiger partial charge in [0.05, 0.1) is 25.0 Å². The summed E-state index contributed by atoms with van der Waals surface area (Å²) in [4.78, 5) is 9.97. The number of hydrogen-bond donors (Lipinski definition) is 1. The van der Waals surface area contributed by atoms with E-state index >= 15 is 0 Å². The van der Waals surface area contributed by atoms with Crippen molar-refractivity contribution in [3.8, 4) is 67.5 Å². The molecule has 0 aliphatic heterocycles. The van der Waals surface area contributed by atoms with Crippen molar-refractivity contribution in [2.24, 2.45) is 0 Å². The van der Waals surface area contributed by atoms with Crippen LogP contribution in [0, 0.1) is 6.07 Å². The molecule has 0 spiro atoms. The van der Waals surface area contributed by atoms with Gasteiger partial charge in [-0.2, -0.15) is 0 Å². The van der Waals surface area contributed by atoms with E-state index in [1.54, 1.807) is 66.9 Å². The number of imidazole rings is 1. The molecule has 0 amide bonds. The number of nitrogens with zero attached hydrogens (tertiary/aromatic N) is 3. The number of para-hydroxylation sites is 1. The van der Waals surface area contributed by atoms with Crippen LogP contribution in [0.1, 0.15) is 159 Å². The molecule has 0 saturated carbocycles. The molecule has 2 aromatic heterocycles. The second-order valence-corrected chi connectivity index (χ2v) is 20.2. The van der Waals surface area contributed by atoms with Gasteiger partial charge in [0.25, 0.3) is 0 Å². The number of rotatable bonds is 6. The minimum absolute atomic E-state index is 0. The molecule has 0 bridgehead atoms. The van der Waals surface area contributed by atoms with E-state index in [2.05, 4.69) is 32.9 Å². The van der Waals surface area contributed by atoms with Crippen molar-refractivity contribution in [2.45, 2.75) is 130 Å². The van der Waals surface area contributed by atoms with Crippen molar-refractivity contribution >= 4 is 11.0 Å². The van der Waals surface area contributed by atoms with E-state index in [1.165, 1.54) is 4.57 Å². The van der Waals surface area contributed by atoms with Crippen LogP contribution in [0.3, 0.4) is 0 Å². The van der Waals surface area contributed by atoms with Crippen molar-refractivity contribution in [1.29, 1.82) is 0 Å². The normalized spacial score (nSPS) is 18.2. The number of fused-ring (bicyclic) bond motifs is 1. The van der Waals surface area contributed by atoms with Crippen LogP contribution in [0.15, 0.2) is 134 Å². The van der Waals surface area contributed by atoms with Crippen LogP contribution in [0.5, 0.6) is 5.75 Å². The third kappa shape index (κ3) is 9.89. The van der Waals surface area contributed by atoms with Crippen LogP contribution in [0.4, 0.5) is 0 Å². The average Bonchev–Trinajstić information content (AvgIpc) is 1.09. The smallest absolute Gasteiger partial charge is 0.148 e. The third-order valence-electron chi connectivity index (χ3n) is 11.9. The van der Waals surface area contributed by atoms with Crippen LogP contribution < -0.4 is 0 Å². The summed E-state index contributed by atoms with van der Waals surface area (Å²) in [6, 6.07) is 35.2. The van der Waals surface area contributed by atoms with Gasteiger partial charge in [0.15, 0.2) is 0 Å².